The lowest BCUT2D eigenvalue weighted by atomic mass is 9.88. The first-order chi connectivity index (χ1) is 27.8. The molecule has 2 nitrogen and oxygen atoms in total. The summed E-state index contributed by atoms with van der Waals surface area (Å²) in [7, 11) is 0. The number of fused-ring (bicyclic) bond motifs is 15. The smallest absolute Gasteiger partial charge is 0.0626 e. The lowest BCUT2D eigenvalue weighted by Crippen LogP contribution is -2.00. The molecule has 1 aliphatic carbocycles. The van der Waals surface area contributed by atoms with Gasteiger partial charge in [-0.2, -0.15) is 0 Å². The van der Waals surface area contributed by atoms with Crippen molar-refractivity contribution >= 4 is 71.1 Å². The van der Waals surface area contributed by atoms with Crippen LogP contribution in [0.1, 0.15) is 17.7 Å². The highest BCUT2D eigenvalue weighted by atomic mass is 15.0. The van der Waals surface area contributed by atoms with Crippen LogP contribution < -0.4 is 0 Å². The van der Waals surface area contributed by atoms with Gasteiger partial charge >= 0.3 is 0 Å². The van der Waals surface area contributed by atoms with Gasteiger partial charge in [0.15, 0.2) is 0 Å². The molecule has 0 N–H and O–H groups in total. The SMILES string of the molecule is C1=Cc2c(c3c4c5ccccc5c5c(c6ccccc6n5-c5cccc(-c6ccccc6)c5)c4c4ccccc4c3n2-c2cccc(-c3ccccc3)c2)CC1. The van der Waals surface area contributed by atoms with Gasteiger partial charge in [0.05, 0.1) is 16.6 Å². The summed E-state index contributed by atoms with van der Waals surface area (Å²) in [5.74, 6) is 0. The van der Waals surface area contributed by atoms with E-state index in [1.165, 1.54) is 110 Å². The maximum atomic E-state index is 2.56. The van der Waals surface area contributed by atoms with E-state index in [9.17, 15) is 0 Å². The molecule has 262 valence electrons. The molecule has 0 radical (unpaired) electrons. The van der Waals surface area contributed by atoms with Crippen LogP contribution in [0, 0.1) is 0 Å². The minimum Gasteiger partial charge on any atom is -0.309 e. The van der Waals surface area contributed by atoms with Crippen LogP contribution in [0.2, 0.25) is 0 Å². The van der Waals surface area contributed by atoms with Gasteiger partial charge in [0.2, 0.25) is 0 Å². The second-order valence-electron chi connectivity index (χ2n) is 15.1. The lowest BCUT2D eigenvalue weighted by molar-refractivity contribution is 0.968. The standard InChI is InChI=1S/C54H36N2/c1-3-17-35(18-4-1)37-21-15-23-39(33-37)55-47-31-13-11-29-45(47)51-49-42-26-8-10-28-44(42)54-52(50(49)41-25-7-9-27-43(41)53(51)55)46-30-12-14-32-48(46)56(54)40-24-16-22-38(34-40)36-19-5-2-6-20-36/h1-11,13-29,31-34H,12,30H2. The molecule has 0 saturated heterocycles. The maximum absolute atomic E-state index is 2.56. The van der Waals surface area contributed by atoms with Crippen molar-refractivity contribution in [1.29, 1.82) is 0 Å². The van der Waals surface area contributed by atoms with Crippen LogP contribution in [0.5, 0.6) is 0 Å². The van der Waals surface area contributed by atoms with Crippen LogP contribution in [-0.4, -0.2) is 9.13 Å². The third-order valence-electron chi connectivity index (χ3n) is 12.1. The van der Waals surface area contributed by atoms with Gasteiger partial charge in [-0.05, 0) is 87.8 Å². The molecule has 9 aromatic carbocycles. The number of benzene rings is 9. The molecule has 0 spiro atoms. The average Bonchev–Trinajstić information content (AvgIpc) is 3.81. The second kappa shape index (κ2) is 12.2. The summed E-state index contributed by atoms with van der Waals surface area (Å²) in [6.07, 6.45) is 6.76. The van der Waals surface area contributed by atoms with Gasteiger partial charge in [0, 0.05) is 54.8 Å². The highest BCUT2D eigenvalue weighted by Crippen LogP contribution is 2.50. The summed E-state index contributed by atoms with van der Waals surface area (Å²) >= 11 is 0. The molecule has 0 fully saturated rings. The molecule has 56 heavy (non-hydrogen) atoms. The van der Waals surface area contributed by atoms with Gasteiger partial charge in [-0.25, -0.2) is 0 Å². The monoisotopic (exact) mass is 712 g/mol. The van der Waals surface area contributed by atoms with Gasteiger partial charge in [-0.1, -0.05) is 158 Å². The number of nitrogens with zero attached hydrogens (tertiary/aromatic N) is 2. The van der Waals surface area contributed by atoms with Crippen molar-refractivity contribution in [3.63, 3.8) is 0 Å². The van der Waals surface area contributed by atoms with Crippen molar-refractivity contribution < 1.29 is 0 Å². The topological polar surface area (TPSA) is 9.86 Å². The molecule has 11 aromatic rings. The van der Waals surface area contributed by atoms with Crippen LogP contribution in [0.3, 0.4) is 0 Å². The summed E-state index contributed by atoms with van der Waals surface area (Å²) in [6.45, 7) is 0. The van der Waals surface area contributed by atoms with E-state index in [2.05, 4.69) is 203 Å². The van der Waals surface area contributed by atoms with Crippen molar-refractivity contribution in [2.75, 3.05) is 0 Å². The molecule has 12 rings (SSSR count). The van der Waals surface area contributed by atoms with E-state index >= 15 is 0 Å². The molecule has 2 heteroatoms. The Hall–Kier alpha value is -7.16. The molecular formula is C54H36N2. The zero-order valence-corrected chi connectivity index (χ0v) is 30.8. The van der Waals surface area contributed by atoms with Crippen molar-refractivity contribution in [1.82, 2.24) is 9.13 Å². The first-order valence-corrected chi connectivity index (χ1v) is 19.7. The van der Waals surface area contributed by atoms with E-state index in [-0.39, 0.29) is 0 Å². The molecule has 2 aromatic heterocycles. The lowest BCUT2D eigenvalue weighted by Gasteiger charge is -2.17. The Bertz CT molecular complexity index is 3400. The van der Waals surface area contributed by atoms with E-state index in [0.717, 1.165) is 12.8 Å². The minimum absolute atomic E-state index is 1.00. The highest BCUT2D eigenvalue weighted by molar-refractivity contribution is 6.43. The first kappa shape index (κ1) is 31.2. The van der Waals surface area contributed by atoms with Crippen LogP contribution in [0.15, 0.2) is 188 Å². The van der Waals surface area contributed by atoms with Crippen molar-refractivity contribution in [2.45, 2.75) is 12.8 Å². The van der Waals surface area contributed by atoms with Gasteiger partial charge in [0.25, 0.3) is 0 Å². The minimum atomic E-state index is 1.00. The quantitative estimate of drug-likeness (QED) is 0.161. The van der Waals surface area contributed by atoms with E-state index in [4.69, 9.17) is 0 Å². The van der Waals surface area contributed by atoms with E-state index in [1.54, 1.807) is 0 Å². The molecule has 0 unspecified atom stereocenters. The van der Waals surface area contributed by atoms with Crippen molar-refractivity contribution in [3.8, 4) is 33.6 Å². The van der Waals surface area contributed by atoms with E-state index < -0.39 is 0 Å². The maximum Gasteiger partial charge on any atom is 0.0626 e. The Morgan fingerprint density at radius 2 is 0.839 bits per heavy atom. The molecule has 0 amide bonds. The summed E-state index contributed by atoms with van der Waals surface area (Å²) in [5, 5.41) is 11.8. The fourth-order valence-electron chi connectivity index (χ4n) is 9.81. The first-order valence-electron chi connectivity index (χ1n) is 19.7. The van der Waals surface area contributed by atoms with Crippen LogP contribution in [0.25, 0.3) is 105 Å². The molecular weight excluding hydrogens is 677 g/mol. The largest absolute Gasteiger partial charge is 0.309 e. The van der Waals surface area contributed by atoms with Crippen LogP contribution in [0.4, 0.5) is 0 Å². The number of hydrogen-bond acceptors (Lipinski definition) is 0. The zero-order valence-electron chi connectivity index (χ0n) is 30.8. The summed E-state index contributed by atoms with van der Waals surface area (Å²) < 4.78 is 5.09. The predicted molar refractivity (Wildman–Crippen MR) is 238 cm³/mol. The average molecular weight is 713 g/mol. The fourth-order valence-corrected chi connectivity index (χ4v) is 9.81. The Morgan fingerprint density at radius 1 is 0.357 bits per heavy atom. The van der Waals surface area contributed by atoms with Crippen LogP contribution >= 0.6 is 0 Å². The van der Waals surface area contributed by atoms with Crippen molar-refractivity contribution in [3.05, 3.63) is 199 Å². The van der Waals surface area contributed by atoms with E-state index in [0.29, 0.717) is 0 Å². The zero-order chi connectivity index (χ0) is 36.7. The molecule has 0 bridgehead atoms. The number of aryl methyl sites for hydroxylation is 1. The van der Waals surface area contributed by atoms with E-state index in [1.807, 2.05) is 0 Å². The number of aromatic nitrogens is 2. The molecule has 0 aliphatic heterocycles. The Morgan fingerprint density at radius 3 is 1.46 bits per heavy atom. The summed E-state index contributed by atoms with van der Waals surface area (Å²) in [4.78, 5) is 0. The van der Waals surface area contributed by atoms with Crippen LogP contribution in [-0.2, 0) is 6.42 Å². The number of rotatable bonds is 4. The molecule has 2 heterocycles. The number of hydrogen-bond donors (Lipinski definition) is 0. The molecule has 0 saturated carbocycles. The third-order valence-corrected chi connectivity index (χ3v) is 12.1. The summed E-state index contributed by atoms with van der Waals surface area (Å²) in [5.41, 5.74) is 13.7. The highest BCUT2D eigenvalue weighted by Gasteiger charge is 2.28. The predicted octanol–water partition coefficient (Wildman–Crippen LogP) is 14.5. The number of allylic oxidation sites excluding steroid dienone is 1. The fraction of sp³-hybridized carbons (Fsp3) is 0.0370. The van der Waals surface area contributed by atoms with Gasteiger partial charge in [-0.3, -0.25) is 0 Å². The molecule has 1 aliphatic rings. The second-order valence-corrected chi connectivity index (χ2v) is 15.1. The Kier molecular flexibility index (Phi) is 6.79. The van der Waals surface area contributed by atoms with Gasteiger partial charge in [-0.15, -0.1) is 0 Å². The Balaban J connectivity index is 1.28. The van der Waals surface area contributed by atoms with Gasteiger partial charge in [0.1, 0.15) is 0 Å². The number of para-hydroxylation sites is 1. The Labute approximate surface area is 324 Å². The third kappa shape index (κ3) is 4.44. The summed E-state index contributed by atoms with van der Waals surface area (Å²) in [6, 6.07) is 67.0. The molecule has 0 atom stereocenters. The van der Waals surface area contributed by atoms with Crippen molar-refractivity contribution in [2.24, 2.45) is 0 Å². The normalized spacial score (nSPS) is 12.8. The van der Waals surface area contributed by atoms with Gasteiger partial charge < -0.3 is 9.13 Å².